The monoisotopic (exact) mass is 361 g/mol. The van der Waals surface area contributed by atoms with E-state index in [-0.39, 0.29) is 17.9 Å². The summed E-state index contributed by atoms with van der Waals surface area (Å²) in [5.41, 5.74) is 2.04. The van der Waals surface area contributed by atoms with Gasteiger partial charge in [0.15, 0.2) is 0 Å². The van der Waals surface area contributed by atoms with E-state index in [0.717, 1.165) is 12.0 Å². The molecule has 1 fully saturated rings. The zero-order valence-corrected chi connectivity index (χ0v) is 15.5. The van der Waals surface area contributed by atoms with Crippen LogP contribution in [0.4, 0.5) is 0 Å². The number of carbonyl (C=O) groups is 2. The highest BCUT2D eigenvalue weighted by molar-refractivity contribution is 5.95. The van der Waals surface area contributed by atoms with Gasteiger partial charge in [-0.2, -0.15) is 5.26 Å². The van der Waals surface area contributed by atoms with E-state index in [1.807, 2.05) is 42.2 Å². The Morgan fingerprint density at radius 1 is 1.19 bits per heavy atom. The van der Waals surface area contributed by atoms with Crippen molar-refractivity contribution in [2.24, 2.45) is 0 Å². The van der Waals surface area contributed by atoms with Gasteiger partial charge in [0, 0.05) is 37.7 Å². The van der Waals surface area contributed by atoms with Crippen molar-refractivity contribution in [1.82, 2.24) is 9.80 Å². The van der Waals surface area contributed by atoms with Crippen LogP contribution in [0.3, 0.4) is 0 Å². The first-order chi connectivity index (χ1) is 13.1. The van der Waals surface area contributed by atoms with Gasteiger partial charge in [-0.25, -0.2) is 0 Å². The summed E-state index contributed by atoms with van der Waals surface area (Å²) in [6.07, 6.45) is 1.09. The van der Waals surface area contributed by atoms with Crippen LogP contribution in [0.2, 0.25) is 0 Å². The Morgan fingerprint density at radius 2 is 1.96 bits per heavy atom. The molecule has 1 heterocycles. The fourth-order valence-corrected chi connectivity index (χ4v) is 3.46. The van der Waals surface area contributed by atoms with Gasteiger partial charge in [-0.15, -0.1) is 0 Å². The van der Waals surface area contributed by atoms with Crippen LogP contribution in [0.1, 0.15) is 41.3 Å². The minimum atomic E-state index is -0.125. The van der Waals surface area contributed by atoms with E-state index in [1.165, 1.54) is 0 Å². The lowest BCUT2D eigenvalue weighted by atomic mass is 10.1. The minimum absolute atomic E-state index is 0.0247. The molecule has 3 rings (SSSR count). The van der Waals surface area contributed by atoms with Crippen LogP contribution in [0.15, 0.2) is 54.6 Å². The second kappa shape index (κ2) is 8.50. The second-order valence-corrected chi connectivity index (χ2v) is 6.76. The summed E-state index contributed by atoms with van der Waals surface area (Å²) in [4.78, 5) is 29.3. The first-order valence-corrected chi connectivity index (χ1v) is 9.25. The number of amides is 2. The lowest BCUT2D eigenvalue weighted by molar-refractivity contribution is -0.133. The molecule has 0 aromatic heterocycles. The molecule has 1 atom stereocenters. The number of hydrogen-bond donors (Lipinski definition) is 0. The summed E-state index contributed by atoms with van der Waals surface area (Å²) in [5, 5.41) is 9.06. The van der Waals surface area contributed by atoms with Crippen LogP contribution in [0.25, 0.3) is 0 Å². The molecule has 2 aromatic carbocycles. The van der Waals surface area contributed by atoms with Crippen molar-refractivity contribution in [3.8, 4) is 6.07 Å². The first-order valence-electron chi connectivity index (χ1n) is 9.25. The molecule has 0 saturated carbocycles. The Hall–Kier alpha value is -3.13. The smallest absolute Gasteiger partial charge is 0.253 e. The number of carbonyl (C=O) groups excluding carboxylic acids is 2. The summed E-state index contributed by atoms with van der Waals surface area (Å²) >= 11 is 0. The van der Waals surface area contributed by atoms with Crippen LogP contribution >= 0.6 is 0 Å². The number of nitriles is 1. The maximum atomic E-state index is 12.9. The van der Waals surface area contributed by atoms with E-state index < -0.39 is 0 Å². The molecule has 27 heavy (non-hydrogen) atoms. The van der Waals surface area contributed by atoms with Crippen molar-refractivity contribution < 1.29 is 9.59 Å². The fourth-order valence-electron chi connectivity index (χ4n) is 3.46. The molecule has 138 valence electrons. The van der Waals surface area contributed by atoms with Crippen molar-refractivity contribution in [1.29, 1.82) is 5.26 Å². The third kappa shape index (κ3) is 4.35. The lowest BCUT2D eigenvalue weighted by Gasteiger charge is -2.31. The summed E-state index contributed by atoms with van der Waals surface area (Å²) in [7, 11) is 0. The van der Waals surface area contributed by atoms with E-state index in [2.05, 4.69) is 6.07 Å². The predicted octanol–water partition coefficient (Wildman–Crippen LogP) is 3.21. The van der Waals surface area contributed by atoms with Crippen LogP contribution in [0.5, 0.6) is 0 Å². The average Bonchev–Trinajstić information content (AvgIpc) is 2.87. The predicted molar refractivity (Wildman–Crippen MR) is 103 cm³/mol. The molecule has 5 heteroatoms. The van der Waals surface area contributed by atoms with Crippen molar-refractivity contribution in [2.45, 2.75) is 32.4 Å². The van der Waals surface area contributed by atoms with Gasteiger partial charge in [-0.3, -0.25) is 9.59 Å². The molecule has 0 aliphatic carbocycles. The molecule has 1 saturated heterocycles. The Bertz CT molecular complexity index is 857. The molecule has 5 nitrogen and oxygen atoms in total. The molecular formula is C22H23N3O2. The van der Waals surface area contributed by atoms with E-state index in [9.17, 15) is 9.59 Å². The van der Waals surface area contributed by atoms with Crippen molar-refractivity contribution in [3.63, 3.8) is 0 Å². The van der Waals surface area contributed by atoms with Gasteiger partial charge in [-0.05, 0) is 30.2 Å². The van der Waals surface area contributed by atoms with Crippen molar-refractivity contribution in [2.75, 3.05) is 13.1 Å². The van der Waals surface area contributed by atoms with Gasteiger partial charge in [-0.1, -0.05) is 43.3 Å². The van der Waals surface area contributed by atoms with Crippen LogP contribution in [-0.4, -0.2) is 40.7 Å². The van der Waals surface area contributed by atoms with Crippen LogP contribution < -0.4 is 0 Å². The summed E-state index contributed by atoms with van der Waals surface area (Å²) in [6.45, 7) is 3.51. The molecule has 1 aliphatic heterocycles. The first kappa shape index (κ1) is 18.7. The van der Waals surface area contributed by atoms with E-state index in [0.29, 0.717) is 37.2 Å². The average molecular weight is 361 g/mol. The molecule has 2 amide bonds. The number of benzene rings is 2. The highest BCUT2D eigenvalue weighted by atomic mass is 16.2. The van der Waals surface area contributed by atoms with Gasteiger partial charge in [0.1, 0.15) is 0 Å². The van der Waals surface area contributed by atoms with Gasteiger partial charge in [0.05, 0.1) is 11.6 Å². The SMILES string of the molecule is CCC1CN(C(=O)c2cccc(C#N)c2)CCC(=O)N1Cc1ccccc1. The fraction of sp³-hybridized carbons (Fsp3) is 0.318. The molecular weight excluding hydrogens is 338 g/mol. The Labute approximate surface area is 159 Å². The van der Waals surface area contributed by atoms with Gasteiger partial charge in [0.2, 0.25) is 5.91 Å². The third-order valence-electron chi connectivity index (χ3n) is 4.98. The standard InChI is InChI=1S/C22H23N3O2/c1-2-20-16-24(22(27)19-10-6-9-18(13-19)14-23)12-11-21(26)25(20)15-17-7-4-3-5-8-17/h3-10,13,20H,2,11-12,15-16H2,1H3. The Balaban J connectivity index is 1.79. The highest BCUT2D eigenvalue weighted by Crippen LogP contribution is 2.19. The third-order valence-corrected chi connectivity index (χ3v) is 4.98. The Morgan fingerprint density at radius 3 is 2.67 bits per heavy atom. The van der Waals surface area contributed by atoms with E-state index in [4.69, 9.17) is 5.26 Å². The molecule has 1 unspecified atom stereocenters. The summed E-state index contributed by atoms with van der Waals surface area (Å²) in [6, 6.07) is 18.7. The number of nitrogens with zero attached hydrogens (tertiary/aromatic N) is 3. The van der Waals surface area contributed by atoms with E-state index >= 15 is 0 Å². The molecule has 0 N–H and O–H groups in total. The molecule has 0 spiro atoms. The van der Waals surface area contributed by atoms with Crippen LogP contribution in [0, 0.1) is 11.3 Å². The quantitative estimate of drug-likeness (QED) is 0.840. The van der Waals surface area contributed by atoms with Crippen LogP contribution in [-0.2, 0) is 11.3 Å². The maximum absolute atomic E-state index is 12.9. The van der Waals surface area contributed by atoms with E-state index in [1.54, 1.807) is 29.2 Å². The van der Waals surface area contributed by atoms with Gasteiger partial charge < -0.3 is 9.80 Å². The zero-order chi connectivity index (χ0) is 19.2. The molecule has 0 bridgehead atoms. The summed E-state index contributed by atoms with van der Waals surface area (Å²) < 4.78 is 0. The Kier molecular flexibility index (Phi) is 5.87. The number of hydrogen-bond acceptors (Lipinski definition) is 3. The largest absolute Gasteiger partial charge is 0.336 e. The zero-order valence-electron chi connectivity index (χ0n) is 15.5. The highest BCUT2D eigenvalue weighted by Gasteiger charge is 2.31. The maximum Gasteiger partial charge on any atom is 0.253 e. The summed E-state index contributed by atoms with van der Waals surface area (Å²) in [5.74, 6) is -0.0494. The normalized spacial score (nSPS) is 17.3. The topological polar surface area (TPSA) is 64.4 Å². The van der Waals surface area contributed by atoms with Crippen molar-refractivity contribution >= 4 is 11.8 Å². The van der Waals surface area contributed by atoms with Gasteiger partial charge >= 0.3 is 0 Å². The minimum Gasteiger partial charge on any atom is -0.336 e. The number of rotatable bonds is 4. The molecule has 2 aromatic rings. The molecule has 1 aliphatic rings. The van der Waals surface area contributed by atoms with Crippen molar-refractivity contribution in [3.05, 3.63) is 71.3 Å². The lowest BCUT2D eigenvalue weighted by Crippen LogP contribution is -2.43. The second-order valence-electron chi connectivity index (χ2n) is 6.76. The molecule has 0 radical (unpaired) electrons. The van der Waals surface area contributed by atoms with Gasteiger partial charge in [0.25, 0.3) is 5.91 Å².